The summed E-state index contributed by atoms with van der Waals surface area (Å²) in [7, 11) is 1.93. The minimum Gasteiger partial charge on any atom is -0.333 e. The van der Waals surface area contributed by atoms with E-state index in [1.54, 1.807) is 0 Å². The number of nitrogens with zero attached hydrogens (tertiary/aromatic N) is 1. The Morgan fingerprint density at radius 3 is 2.62 bits per heavy atom. The molecule has 0 aliphatic carbocycles. The molecule has 1 nitrogen and oxygen atoms in total. The van der Waals surface area contributed by atoms with Crippen molar-refractivity contribution in [1.82, 2.24) is 4.90 Å². The zero-order valence-corrected chi connectivity index (χ0v) is 10.3. The summed E-state index contributed by atoms with van der Waals surface area (Å²) in [6, 6.07) is 0. The fourth-order valence-corrected chi connectivity index (χ4v) is 2.89. The Morgan fingerprint density at radius 1 is 1.62 bits per heavy atom. The molecule has 1 aliphatic heterocycles. The molecule has 1 unspecified atom stereocenters. The van der Waals surface area contributed by atoms with Gasteiger partial charge < -0.3 is 4.90 Å². The van der Waals surface area contributed by atoms with Crippen LogP contribution in [0.5, 0.6) is 0 Å². The molecule has 0 spiro atoms. The molecule has 0 amide bonds. The molecule has 0 bridgehead atoms. The van der Waals surface area contributed by atoms with Crippen LogP contribution in [0.15, 0.2) is 11.5 Å². The maximum atomic E-state index is 5.35. The lowest BCUT2D eigenvalue weighted by Gasteiger charge is -2.23. The van der Waals surface area contributed by atoms with Crippen LogP contribution in [0.4, 0.5) is 0 Å². The first-order valence-electron chi connectivity index (χ1n) is 4.13. The van der Waals surface area contributed by atoms with Crippen molar-refractivity contribution in [3.63, 3.8) is 0 Å². The van der Waals surface area contributed by atoms with Gasteiger partial charge in [-0.25, -0.2) is 0 Å². The van der Waals surface area contributed by atoms with Crippen LogP contribution in [0, 0.1) is 5.92 Å². The minimum absolute atomic E-state index is 0.350. The highest BCUT2D eigenvalue weighted by molar-refractivity contribution is 8.03. The molecule has 72 valence electrons. The van der Waals surface area contributed by atoms with Crippen LogP contribution in [0.1, 0.15) is 13.3 Å². The summed E-state index contributed by atoms with van der Waals surface area (Å²) < 4.78 is 0. The smallest absolute Gasteiger partial charge is 0.0905 e. The zero-order valence-electron chi connectivity index (χ0n) is 7.87. The molecule has 0 aromatic carbocycles. The van der Waals surface area contributed by atoms with Gasteiger partial charge in [-0.05, 0) is 24.0 Å². The first-order valence-corrected chi connectivity index (χ1v) is 5.94. The quantitative estimate of drug-likeness (QED) is 0.638. The number of hydrogen-bond donors (Lipinski definition) is 0. The predicted molar refractivity (Wildman–Crippen MR) is 68.3 cm³/mol. The van der Waals surface area contributed by atoms with Gasteiger partial charge in [-0.3, -0.25) is 0 Å². The second-order valence-electron chi connectivity index (χ2n) is 3.07. The molecule has 1 fully saturated rings. The largest absolute Gasteiger partial charge is 0.333 e. The Morgan fingerprint density at radius 2 is 2.23 bits per heavy atom. The normalized spacial score (nSPS) is 21.7. The average molecular weight is 231 g/mol. The summed E-state index contributed by atoms with van der Waals surface area (Å²) in [6.45, 7) is 5.90. The number of thiocarbonyl (C=S) groups is 2. The Bertz CT molecular complexity index is 260. The fourth-order valence-electron chi connectivity index (χ4n) is 1.22. The van der Waals surface area contributed by atoms with E-state index in [2.05, 4.69) is 6.58 Å². The predicted octanol–water partition coefficient (Wildman–Crippen LogP) is 2.86. The molecule has 1 rings (SSSR count). The topological polar surface area (TPSA) is 3.24 Å². The van der Waals surface area contributed by atoms with Crippen molar-refractivity contribution in [3.8, 4) is 0 Å². The van der Waals surface area contributed by atoms with E-state index in [-0.39, 0.29) is 0 Å². The third-order valence-corrected chi connectivity index (χ3v) is 4.11. The fraction of sp³-hybridized carbons (Fsp3) is 0.556. The highest BCUT2D eigenvalue weighted by Gasteiger charge is 2.26. The van der Waals surface area contributed by atoms with Crippen molar-refractivity contribution in [3.05, 3.63) is 11.5 Å². The maximum absolute atomic E-state index is 5.35. The van der Waals surface area contributed by atoms with E-state index in [1.165, 1.54) is 4.91 Å². The van der Waals surface area contributed by atoms with E-state index < -0.39 is 0 Å². The van der Waals surface area contributed by atoms with E-state index in [0.717, 1.165) is 22.2 Å². The van der Waals surface area contributed by atoms with Gasteiger partial charge in [0.25, 0.3) is 0 Å². The molecule has 1 saturated heterocycles. The highest BCUT2D eigenvalue weighted by Crippen LogP contribution is 2.36. The first kappa shape index (κ1) is 11.1. The molecule has 0 radical (unpaired) electrons. The van der Waals surface area contributed by atoms with E-state index >= 15 is 0 Å². The van der Waals surface area contributed by atoms with Crippen molar-refractivity contribution in [2.24, 2.45) is 5.92 Å². The second-order valence-corrected chi connectivity index (χ2v) is 5.30. The summed E-state index contributed by atoms with van der Waals surface area (Å²) in [5.74, 6) is 1.48. The highest BCUT2D eigenvalue weighted by atomic mass is 32.2. The molecule has 4 heteroatoms. The van der Waals surface area contributed by atoms with Crippen LogP contribution in [-0.2, 0) is 0 Å². The lowest BCUT2D eigenvalue weighted by Crippen LogP contribution is -2.33. The van der Waals surface area contributed by atoms with Crippen LogP contribution >= 0.6 is 36.2 Å². The van der Waals surface area contributed by atoms with Gasteiger partial charge in [0.1, 0.15) is 0 Å². The van der Waals surface area contributed by atoms with E-state index in [0.29, 0.717) is 5.92 Å². The standard InChI is InChI=1S/C9H13NS3/c1-6-8(4-5-13-6)9(12)10(3)7(2)11/h8H,1,4-5H2,2-3H3. The van der Waals surface area contributed by atoms with Gasteiger partial charge in [-0.2, -0.15) is 0 Å². The van der Waals surface area contributed by atoms with E-state index in [4.69, 9.17) is 24.4 Å². The van der Waals surface area contributed by atoms with Crippen LogP contribution < -0.4 is 0 Å². The lowest BCUT2D eigenvalue weighted by molar-refractivity contribution is 0.696. The Hall–Kier alpha value is 0.0700. The summed E-state index contributed by atoms with van der Waals surface area (Å²) in [6.07, 6.45) is 1.11. The summed E-state index contributed by atoms with van der Waals surface area (Å²) >= 11 is 12.2. The molecule has 1 heterocycles. The van der Waals surface area contributed by atoms with Gasteiger partial charge in [-0.15, -0.1) is 11.8 Å². The van der Waals surface area contributed by atoms with Gasteiger partial charge in [0, 0.05) is 13.0 Å². The molecule has 0 N–H and O–H groups in total. The molecule has 1 aliphatic rings. The van der Waals surface area contributed by atoms with Crippen molar-refractivity contribution in [2.75, 3.05) is 12.8 Å². The first-order chi connectivity index (χ1) is 6.04. The lowest BCUT2D eigenvalue weighted by atomic mass is 10.1. The minimum atomic E-state index is 0.350. The molecular formula is C9H13NS3. The Labute approximate surface area is 94.6 Å². The van der Waals surface area contributed by atoms with Gasteiger partial charge >= 0.3 is 0 Å². The van der Waals surface area contributed by atoms with E-state index in [9.17, 15) is 0 Å². The molecular weight excluding hydrogens is 218 g/mol. The third kappa shape index (κ3) is 2.51. The van der Waals surface area contributed by atoms with Gasteiger partial charge in [0.15, 0.2) is 0 Å². The van der Waals surface area contributed by atoms with Crippen LogP contribution in [0.2, 0.25) is 0 Å². The third-order valence-electron chi connectivity index (χ3n) is 2.18. The van der Waals surface area contributed by atoms with Gasteiger partial charge in [0.2, 0.25) is 0 Å². The van der Waals surface area contributed by atoms with Crippen molar-refractivity contribution in [1.29, 1.82) is 0 Å². The van der Waals surface area contributed by atoms with E-state index in [1.807, 2.05) is 30.6 Å². The summed E-state index contributed by atoms with van der Waals surface area (Å²) in [5, 5.41) is 0. The van der Waals surface area contributed by atoms with Crippen molar-refractivity contribution >= 4 is 46.2 Å². The molecule has 0 aromatic rings. The second kappa shape index (κ2) is 4.53. The Kier molecular flexibility index (Phi) is 3.88. The van der Waals surface area contributed by atoms with Crippen LogP contribution in [0.25, 0.3) is 0 Å². The molecule has 0 saturated carbocycles. The zero-order chi connectivity index (χ0) is 10.0. The Balaban J connectivity index is 2.67. The SMILES string of the molecule is C=C1SCCC1C(=S)N(C)C(C)=S. The molecule has 0 aromatic heterocycles. The molecule has 1 atom stereocenters. The monoisotopic (exact) mass is 231 g/mol. The van der Waals surface area contributed by atoms with Crippen LogP contribution in [-0.4, -0.2) is 27.7 Å². The number of thioether (sulfide) groups is 1. The number of rotatable bonds is 1. The van der Waals surface area contributed by atoms with Crippen molar-refractivity contribution in [2.45, 2.75) is 13.3 Å². The van der Waals surface area contributed by atoms with Crippen molar-refractivity contribution < 1.29 is 0 Å². The number of hydrogen-bond acceptors (Lipinski definition) is 3. The summed E-state index contributed by atoms with van der Waals surface area (Å²) in [4.78, 5) is 4.84. The van der Waals surface area contributed by atoms with Crippen LogP contribution in [0.3, 0.4) is 0 Å². The average Bonchev–Trinajstić information content (AvgIpc) is 2.48. The maximum Gasteiger partial charge on any atom is 0.0905 e. The van der Waals surface area contributed by atoms with Gasteiger partial charge in [0.05, 0.1) is 9.98 Å². The van der Waals surface area contributed by atoms with Gasteiger partial charge in [-0.1, -0.05) is 31.0 Å². The molecule has 13 heavy (non-hydrogen) atoms. The summed E-state index contributed by atoms with van der Waals surface area (Å²) in [5.41, 5.74) is 0.